The smallest absolute Gasteiger partial charge is 0.338 e. The van der Waals surface area contributed by atoms with E-state index in [0.29, 0.717) is 22.6 Å². The second kappa shape index (κ2) is 10.6. The summed E-state index contributed by atoms with van der Waals surface area (Å²) in [5.74, 6) is -0.378. The Labute approximate surface area is 204 Å². The maximum atomic E-state index is 12.5. The van der Waals surface area contributed by atoms with Crippen LogP contribution >= 0.6 is 0 Å². The molecule has 1 N–H and O–H groups in total. The van der Waals surface area contributed by atoms with Crippen LogP contribution in [0.1, 0.15) is 38.1 Å². The predicted molar refractivity (Wildman–Crippen MR) is 131 cm³/mol. The highest BCUT2D eigenvalue weighted by Crippen LogP contribution is 2.22. The molecule has 10 nitrogen and oxygen atoms in total. The van der Waals surface area contributed by atoms with Crippen molar-refractivity contribution in [3.8, 4) is 11.4 Å². The summed E-state index contributed by atoms with van der Waals surface area (Å²) in [4.78, 5) is 28.2. The highest BCUT2D eigenvalue weighted by molar-refractivity contribution is 5.91. The molecule has 1 aliphatic heterocycles. The number of morpholine rings is 1. The minimum absolute atomic E-state index is 0.0949. The van der Waals surface area contributed by atoms with Crippen LogP contribution in [0.2, 0.25) is 0 Å². The van der Waals surface area contributed by atoms with Crippen molar-refractivity contribution < 1.29 is 19.1 Å². The van der Waals surface area contributed by atoms with Gasteiger partial charge in [0.2, 0.25) is 11.7 Å². The largest absolute Gasteiger partial charge is 0.459 e. The third kappa shape index (κ3) is 6.42. The van der Waals surface area contributed by atoms with Gasteiger partial charge in [-0.2, -0.15) is 4.80 Å². The molecule has 4 rings (SSSR count). The van der Waals surface area contributed by atoms with Crippen LogP contribution < -0.4 is 10.2 Å². The summed E-state index contributed by atoms with van der Waals surface area (Å²) < 4.78 is 11.0. The molecule has 1 amide bonds. The number of carbonyl (C=O) groups is 2. The Morgan fingerprint density at radius 1 is 1.11 bits per heavy atom. The zero-order chi connectivity index (χ0) is 24.9. The number of tetrazole rings is 1. The molecule has 184 valence electrons. The van der Waals surface area contributed by atoms with E-state index in [1.807, 2.05) is 24.3 Å². The summed E-state index contributed by atoms with van der Waals surface area (Å²) in [7, 11) is 0. The lowest BCUT2D eigenvalue weighted by molar-refractivity contribution is -0.117. The van der Waals surface area contributed by atoms with Crippen LogP contribution in [-0.4, -0.2) is 63.5 Å². The Kier molecular flexibility index (Phi) is 7.40. The standard InChI is InChI=1S/C25H30N6O4/c1-16(2)34-25(33)20-7-5-6-19(12-20)24-27-29-31(28-24)15-23(32)26-21-8-10-22(11-9-21)30-13-17(3)35-18(4)14-30/h5-12,16-18H,13-15H2,1-4H3,(H,26,32). The summed E-state index contributed by atoms with van der Waals surface area (Å²) in [5.41, 5.74) is 2.78. The van der Waals surface area contributed by atoms with E-state index in [9.17, 15) is 9.59 Å². The van der Waals surface area contributed by atoms with E-state index in [1.54, 1.807) is 38.1 Å². The van der Waals surface area contributed by atoms with Gasteiger partial charge >= 0.3 is 5.97 Å². The summed E-state index contributed by atoms with van der Waals surface area (Å²) in [6, 6.07) is 14.5. The molecule has 1 saturated heterocycles. The van der Waals surface area contributed by atoms with Crippen LogP contribution in [0, 0.1) is 0 Å². The van der Waals surface area contributed by atoms with Gasteiger partial charge in [-0.3, -0.25) is 4.79 Å². The maximum absolute atomic E-state index is 12.5. The van der Waals surface area contributed by atoms with Gasteiger partial charge in [-0.25, -0.2) is 4.79 Å². The minimum Gasteiger partial charge on any atom is -0.459 e. The zero-order valence-electron chi connectivity index (χ0n) is 20.3. The van der Waals surface area contributed by atoms with E-state index in [0.717, 1.165) is 18.8 Å². The van der Waals surface area contributed by atoms with Gasteiger partial charge in [-0.1, -0.05) is 12.1 Å². The average molecular weight is 479 g/mol. The number of benzene rings is 2. The lowest BCUT2D eigenvalue weighted by Crippen LogP contribution is -2.45. The van der Waals surface area contributed by atoms with E-state index in [-0.39, 0.29) is 30.8 Å². The Bertz CT molecular complexity index is 1170. The van der Waals surface area contributed by atoms with E-state index in [4.69, 9.17) is 9.47 Å². The SMILES string of the molecule is CC(C)OC(=O)c1cccc(-c2nnn(CC(=O)Nc3ccc(N4CC(C)OC(C)C4)cc3)n2)c1. The summed E-state index contributed by atoms with van der Waals surface area (Å²) in [6.45, 7) is 9.29. The van der Waals surface area contributed by atoms with Gasteiger partial charge in [-0.15, -0.1) is 10.2 Å². The number of esters is 1. The molecular weight excluding hydrogens is 448 g/mol. The van der Waals surface area contributed by atoms with E-state index in [2.05, 4.69) is 39.5 Å². The molecule has 0 bridgehead atoms. The molecule has 2 atom stereocenters. The first kappa shape index (κ1) is 24.3. The van der Waals surface area contributed by atoms with E-state index < -0.39 is 5.97 Å². The van der Waals surface area contributed by atoms with Crippen molar-refractivity contribution in [1.29, 1.82) is 0 Å². The highest BCUT2D eigenvalue weighted by Gasteiger charge is 2.22. The number of rotatable bonds is 7. The third-order valence-electron chi connectivity index (χ3n) is 5.37. The number of carbonyl (C=O) groups excluding carboxylic acids is 2. The van der Waals surface area contributed by atoms with E-state index in [1.165, 1.54) is 4.80 Å². The zero-order valence-corrected chi connectivity index (χ0v) is 20.3. The van der Waals surface area contributed by atoms with Crippen LogP contribution in [0.5, 0.6) is 0 Å². The van der Waals surface area contributed by atoms with Crippen LogP contribution in [0.3, 0.4) is 0 Å². The van der Waals surface area contributed by atoms with Gasteiger partial charge in [-0.05, 0) is 69.3 Å². The van der Waals surface area contributed by atoms with E-state index >= 15 is 0 Å². The van der Waals surface area contributed by atoms with Gasteiger partial charge in [0.05, 0.1) is 23.9 Å². The monoisotopic (exact) mass is 478 g/mol. The molecule has 2 aromatic carbocycles. The maximum Gasteiger partial charge on any atom is 0.338 e. The molecule has 0 saturated carbocycles. The molecule has 0 aliphatic carbocycles. The van der Waals surface area contributed by atoms with Crippen molar-refractivity contribution >= 4 is 23.3 Å². The number of aromatic nitrogens is 4. The van der Waals surface area contributed by atoms with Gasteiger partial charge in [0, 0.05) is 30.0 Å². The average Bonchev–Trinajstić information content (AvgIpc) is 3.27. The Hall–Kier alpha value is -3.79. The highest BCUT2D eigenvalue weighted by atomic mass is 16.5. The molecule has 0 radical (unpaired) electrons. The Balaban J connectivity index is 1.35. The van der Waals surface area contributed by atoms with Crippen LogP contribution in [0.4, 0.5) is 11.4 Å². The van der Waals surface area contributed by atoms with Crippen LogP contribution in [-0.2, 0) is 20.8 Å². The normalized spacial score (nSPS) is 17.9. The Morgan fingerprint density at radius 2 is 1.83 bits per heavy atom. The fourth-order valence-corrected chi connectivity index (χ4v) is 3.97. The molecule has 2 unspecified atom stereocenters. The molecule has 3 aromatic rings. The molecule has 1 aromatic heterocycles. The quantitative estimate of drug-likeness (QED) is 0.516. The molecule has 2 heterocycles. The second-order valence-electron chi connectivity index (χ2n) is 8.94. The molecule has 35 heavy (non-hydrogen) atoms. The first-order valence-corrected chi connectivity index (χ1v) is 11.7. The first-order valence-electron chi connectivity index (χ1n) is 11.7. The fourth-order valence-electron chi connectivity index (χ4n) is 3.97. The number of hydrogen-bond donors (Lipinski definition) is 1. The topological polar surface area (TPSA) is 111 Å². The van der Waals surface area contributed by atoms with Crippen LogP contribution in [0.25, 0.3) is 11.4 Å². The van der Waals surface area contributed by atoms with Crippen molar-refractivity contribution in [3.63, 3.8) is 0 Å². The summed E-state index contributed by atoms with van der Waals surface area (Å²) in [6.07, 6.45) is 0.135. The number of amides is 1. The summed E-state index contributed by atoms with van der Waals surface area (Å²) in [5, 5.41) is 15.1. The minimum atomic E-state index is -0.419. The lowest BCUT2D eigenvalue weighted by atomic mass is 10.1. The molecule has 10 heteroatoms. The first-order chi connectivity index (χ1) is 16.8. The fraction of sp³-hybridized carbons (Fsp3) is 0.400. The number of anilines is 2. The van der Waals surface area contributed by atoms with Gasteiger partial charge in [0.25, 0.3) is 0 Å². The summed E-state index contributed by atoms with van der Waals surface area (Å²) >= 11 is 0. The van der Waals surface area contributed by atoms with Crippen molar-refractivity contribution in [2.45, 2.75) is 52.6 Å². The van der Waals surface area contributed by atoms with Gasteiger partial charge < -0.3 is 19.7 Å². The number of hydrogen-bond acceptors (Lipinski definition) is 8. The second-order valence-corrected chi connectivity index (χ2v) is 8.94. The molecule has 1 fully saturated rings. The van der Waals surface area contributed by atoms with Crippen LogP contribution in [0.15, 0.2) is 48.5 Å². The van der Waals surface area contributed by atoms with Crippen molar-refractivity contribution in [2.24, 2.45) is 0 Å². The molecular formula is C25H30N6O4. The van der Waals surface area contributed by atoms with Gasteiger partial charge in [0.1, 0.15) is 6.54 Å². The number of nitrogens with one attached hydrogen (secondary N) is 1. The molecule has 0 spiro atoms. The molecule has 1 aliphatic rings. The predicted octanol–water partition coefficient (Wildman–Crippen LogP) is 3.16. The number of ether oxygens (including phenoxy) is 2. The lowest BCUT2D eigenvalue weighted by Gasteiger charge is -2.36. The third-order valence-corrected chi connectivity index (χ3v) is 5.37. The van der Waals surface area contributed by atoms with Crippen molar-refractivity contribution in [3.05, 3.63) is 54.1 Å². The Morgan fingerprint density at radius 3 is 2.51 bits per heavy atom. The van der Waals surface area contributed by atoms with Crippen molar-refractivity contribution in [2.75, 3.05) is 23.3 Å². The van der Waals surface area contributed by atoms with Gasteiger partial charge in [0.15, 0.2) is 0 Å². The van der Waals surface area contributed by atoms with Crippen molar-refractivity contribution in [1.82, 2.24) is 20.2 Å². The number of nitrogens with zero attached hydrogens (tertiary/aromatic N) is 5.